The van der Waals surface area contributed by atoms with E-state index in [2.05, 4.69) is 15.3 Å². The van der Waals surface area contributed by atoms with Crippen molar-refractivity contribution >= 4 is 5.97 Å². The number of ether oxygens (including phenoxy) is 1. The van der Waals surface area contributed by atoms with Crippen molar-refractivity contribution < 1.29 is 9.53 Å². The molecule has 6 nitrogen and oxygen atoms in total. The number of nitrogens with zero attached hydrogens (tertiary/aromatic N) is 4. The van der Waals surface area contributed by atoms with Crippen LogP contribution in [-0.2, 0) is 4.74 Å². The molecule has 3 aromatic rings. The third kappa shape index (κ3) is 2.58. The lowest BCUT2D eigenvalue weighted by Gasteiger charge is -2.07. The number of hydrogen-bond acceptors (Lipinski definition) is 5. The Morgan fingerprint density at radius 3 is 2.59 bits per heavy atom. The van der Waals surface area contributed by atoms with Crippen molar-refractivity contribution in [2.75, 3.05) is 6.61 Å². The van der Waals surface area contributed by atoms with E-state index in [9.17, 15) is 4.79 Å². The number of rotatable bonds is 4. The number of pyridine rings is 1. The van der Waals surface area contributed by atoms with Crippen LogP contribution < -0.4 is 0 Å². The molecule has 0 atom stereocenters. The highest BCUT2D eigenvalue weighted by molar-refractivity contribution is 5.93. The van der Waals surface area contributed by atoms with Crippen LogP contribution in [0.1, 0.15) is 17.4 Å². The molecule has 0 spiro atoms. The van der Waals surface area contributed by atoms with Gasteiger partial charge in [-0.1, -0.05) is 29.5 Å². The summed E-state index contributed by atoms with van der Waals surface area (Å²) in [6.07, 6.45) is 1.66. The fraction of sp³-hybridized carbons (Fsp3) is 0.125. The van der Waals surface area contributed by atoms with Crippen molar-refractivity contribution in [1.82, 2.24) is 20.0 Å². The Morgan fingerprint density at radius 2 is 1.91 bits per heavy atom. The van der Waals surface area contributed by atoms with Crippen molar-refractivity contribution in [2.24, 2.45) is 0 Å². The Labute approximate surface area is 127 Å². The minimum atomic E-state index is -0.509. The summed E-state index contributed by atoms with van der Waals surface area (Å²) in [6, 6.07) is 14.9. The zero-order chi connectivity index (χ0) is 15.4. The molecule has 0 saturated carbocycles. The molecular weight excluding hydrogens is 280 g/mol. The van der Waals surface area contributed by atoms with Crippen LogP contribution in [0.5, 0.6) is 0 Å². The van der Waals surface area contributed by atoms with Crippen LogP contribution in [0.4, 0.5) is 0 Å². The third-order valence-electron chi connectivity index (χ3n) is 3.05. The van der Waals surface area contributed by atoms with Crippen LogP contribution in [0.15, 0.2) is 54.7 Å². The zero-order valence-corrected chi connectivity index (χ0v) is 12.0. The van der Waals surface area contributed by atoms with Crippen LogP contribution in [-0.4, -0.2) is 32.6 Å². The summed E-state index contributed by atoms with van der Waals surface area (Å²) < 4.78 is 6.65. The maximum absolute atomic E-state index is 12.1. The largest absolute Gasteiger partial charge is 0.461 e. The van der Waals surface area contributed by atoms with Gasteiger partial charge < -0.3 is 4.74 Å². The SMILES string of the molecule is CCOC(=O)c1nnn(-c2ccccc2)c1-c1ccccn1. The van der Waals surface area contributed by atoms with Gasteiger partial charge in [0.2, 0.25) is 5.69 Å². The van der Waals surface area contributed by atoms with E-state index in [-0.39, 0.29) is 12.3 Å². The molecule has 6 heteroatoms. The van der Waals surface area contributed by atoms with E-state index < -0.39 is 5.97 Å². The van der Waals surface area contributed by atoms with E-state index in [1.165, 1.54) is 0 Å². The Morgan fingerprint density at radius 1 is 1.14 bits per heavy atom. The predicted molar refractivity (Wildman–Crippen MR) is 80.5 cm³/mol. The first-order chi connectivity index (χ1) is 10.8. The normalized spacial score (nSPS) is 10.4. The van der Waals surface area contributed by atoms with Crippen LogP contribution in [0.2, 0.25) is 0 Å². The number of esters is 1. The van der Waals surface area contributed by atoms with Gasteiger partial charge in [0.1, 0.15) is 5.69 Å². The number of para-hydroxylation sites is 1. The van der Waals surface area contributed by atoms with E-state index >= 15 is 0 Å². The van der Waals surface area contributed by atoms with Gasteiger partial charge in [-0.2, -0.15) is 0 Å². The molecule has 2 heterocycles. The molecule has 0 bridgehead atoms. The van der Waals surface area contributed by atoms with Crippen molar-refractivity contribution in [3.8, 4) is 17.1 Å². The molecule has 3 rings (SSSR count). The molecular formula is C16H14N4O2. The second-order valence-corrected chi connectivity index (χ2v) is 4.47. The second-order valence-electron chi connectivity index (χ2n) is 4.47. The topological polar surface area (TPSA) is 69.9 Å². The van der Waals surface area contributed by atoms with Crippen LogP contribution in [0.3, 0.4) is 0 Å². The van der Waals surface area contributed by atoms with E-state index in [1.807, 2.05) is 42.5 Å². The van der Waals surface area contributed by atoms with Gasteiger partial charge in [0.15, 0.2) is 0 Å². The minimum Gasteiger partial charge on any atom is -0.461 e. The highest BCUT2D eigenvalue weighted by atomic mass is 16.5. The molecule has 0 saturated heterocycles. The van der Waals surface area contributed by atoms with Gasteiger partial charge in [-0.05, 0) is 31.2 Å². The van der Waals surface area contributed by atoms with Crippen LogP contribution in [0.25, 0.3) is 17.1 Å². The monoisotopic (exact) mass is 294 g/mol. The Hall–Kier alpha value is -3.02. The third-order valence-corrected chi connectivity index (χ3v) is 3.05. The van der Waals surface area contributed by atoms with Crippen molar-refractivity contribution in [2.45, 2.75) is 6.92 Å². The lowest BCUT2D eigenvalue weighted by Crippen LogP contribution is -2.08. The maximum Gasteiger partial charge on any atom is 0.361 e. The molecule has 0 amide bonds. The molecule has 2 aromatic heterocycles. The smallest absolute Gasteiger partial charge is 0.361 e. The van der Waals surface area contributed by atoms with E-state index in [0.717, 1.165) is 5.69 Å². The highest BCUT2D eigenvalue weighted by Gasteiger charge is 2.23. The summed E-state index contributed by atoms with van der Waals surface area (Å²) >= 11 is 0. The Balaban J connectivity index is 2.18. The van der Waals surface area contributed by atoms with E-state index in [1.54, 1.807) is 23.9 Å². The molecule has 22 heavy (non-hydrogen) atoms. The number of carbonyl (C=O) groups is 1. The molecule has 110 valence electrons. The fourth-order valence-electron chi connectivity index (χ4n) is 2.10. The van der Waals surface area contributed by atoms with Gasteiger partial charge in [0.25, 0.3) is 0 Å². The molecule has 0 N–H and O–H groups in total. The summed E-state index contributed by atoms with van der Waals surface area (Å²) in [4.78, 5) is 16.4. The molecule has 0 aliphatic rings. The van der Waals surface area contributed by atoms with Gasteiger partial charge in [0.05, 0.1) is 18.0 Å². The minimum absolute atomic E-state index is 0.157. The Kier molecular flexibility index (Phi) is 3.91. The average Bonchev–Trinajstić information content (AvgIpc) is 3.02. The van der Waals surface area contributed by atoms with Gasteiger partial charge >= 0.3 is 5.97 Å². The predicted octanol–water partition coefficient (Wildman–Crippen LogP) is 2.51. The van der Waals surface area contributed by atoms with Gasteiger partial charge in [-0.3, -0.25) is 4.98 Å². The molecule has 0 unspecified atom stereocenters. The highest BCUT2D eigenvalue weighted by Crippen LogP contribution is 2.23. The number of hydrogen-bond donors (Lipinski definition) is 0. The number of benzene rings is 1. The first-order valence-corrected chi connectivity index (χ1v) is 6.91. The summed E-state index contributed by atoms with van der Waals surface area (Å²) in [5.41, 5.74) is 2.08. The van der Waals surface area contributed by atoms with Gasteiger partial charge in [0, 0.05) is 6.20 Å². The zero-order valence-electron chi connectivity index (χ0n) is 12.0. The molecule has 1 aromatic carbocycles. The molecule has 0 radical (unpaired) electrons. The fourth-order valence-corrected chi connectivity index (χ4v) is 2.10. The number of aromatic nitrogens is 4. The van der Waals surface area contributed by atoms with E-state index in [0.29, 0.717) is 11.4 Å². The van der Waals surface area contributed by atoms with Gasteiger partial charge in [-0.25, -0.2) is 9.48 Å². The number of carbonyl (C=O) groups excluding carboxylic acids is 1. The standard InChI is InChI=1S/C16H14N4O2/c1-2-22-16(21)14-15(13-10-6-7-11-17-13)20(19-18-14)12-8-4-3-5-9-12/h3-11H,2H2,1H3. The molecule has 0 aliphatic carbocycles. The second kappa shape index (κ2) is 6.17. The maximum atomic E-state index is 12.1. The molecule has 0 fully saturated rings. The van der Waals surface area contributed by atoms with Crippen LogP contribution >= 0.6 is 0 Å². The van der Waals surface area contributed by atoms with Gasteiger partial charge in [-0.15, -0.1) is 5.10 Å². The Bertz CT molecular complexity index is 769. The summed E-state index contributed by atoms with van der Waals surface area (Å²) in [5.74, 6) is -0.509. The first kappa shape index (κ1) is 13.9. The molecule has 0 aliphatic heterocycles. The van der Waals surface area contributed by atoms with Crippen molar-refractivity contribution in [1.29, 1.82) is 0 Å². The van der Waals surface area contributed by atoms with Crippen molar-refractivity contribution in [3.63, 3.8) is 0 Å². The summed E-state index contributed by atoms with van der Waals surface area (Å²) in [5, 5.41) is 8.08. The van der Waals surface area contributed by atoms with Crippen molar-refractivity contribution in [3.05, 3.63) is 60.4 Å². The average molecular weight is 294 g/mol. The lowest BCUT2D eigenvalue weighted by molar-refractivity contribution is 0.0520. The first-order valence-electron chi connectivity index (χ1n) is 6.91. The van der Waals surface area contributed by atoms with Crippen LogP contribution in [0, 0.1) is 0 Å². The lowest BCUT2D eigenvalue weighted by atomic mass is 10.2. The summed E-state index contributed by atoms with van der Waals surface area (Å²) in [7, 11) is 0. The van der Waals surface area contributed by atoms with E-state index in [4.69, 9.17) is 4.74 Å². The summed E-state index contributed by atoms with van der Waals surface area (Å²) in [6.45, 7) is 2.03. The quantitative estimate of drug-likeness (QED) is 0.691.